The second-order valence-corrected chi connectivity index (χ2v) is 7.58. The maximum absolute atomic E-state index is 12.2. The molecule has 0 saturated carbocycles. The number of ether oxygens (including phenoxy) is 1. The molecule has 1 aliphatic heterocycles. The summed E-state index contributed by atoms with van der Waals surface area (Å²) in [5, 5.41) is 12.9. The molecule has 5 nitrogen and oxygen atoms in total. The first kappa shape index (κ1) is 20.6. The van der Waals surface area contributed by atoms with Crippen molar-refractivity contribution in [3.63, 3.8) is 0 Å². The Morgan fingerprint density at radius 2 is 1.93 bits per heavy atom. The van der Waals surface area contributed by atoms with Crippen LogP contribution >= 0.6 is 23.2 Å². The second kappa shape index (κ2) is 9.90. The van der Waals surface area contributed by atoms with Gasteiger partial charge in [-0.3, -0.25) is 9.69 Å². The molecule has 0 aromatic heterocycles. The van der Waals surface area contributed by atoms with Crippen molar-refractivity contribution in [3.8, 4) is 6.07 Å². The van der Waals surface area contributed by atoms with E-state index in [1.807, 2.05) is 12.1 Å². The van der Waals surface area contributed by atoms with Crippen LogP contribution < -0.4 is 5.32 Å². The van der Waals surface area contributed by atoms with Crippen molar-refractivity contribution in [1.82, 2.24) is 10.2 Å². The van der Waals surface area contributed by atoms with Crippen LogP contribution in [0.15, 0.2) is 42.5 Å². The maximum Gasteiger partial charge on any atom is 0.224 e. The van der Waals surface area contributed by atoms with Gasteiger partial charge in [0.15, 0.2) is 0 Å². The molecule has 1 aliphatic rings. The summed E-state index contributed by atoms with van der Waals surface area (Å²) in [5.74, 6) is -0.0603. The third-order valence-electron chi connectivity index (χ3n) is 4.59. The van der Waals surface area contributed by atoms with Gasteiger partial charge >= 0.3 is 0 Å². The van der Waals surface area contributed by atoms with Crippen LogP contribution in [0, 0.1) is 11.3 Å². The van der Waals surface area contributed by atoms with Gasteiger partial charge in [-0.25, -0.2) is 0 Å². The number of benzene rings is 2. The molecular weight excluding hydrogens is 397 g/mol. The molecule has 2 aromatic rings. The molecule has 0 radical (unpaired) electrons. The van der Waals surface area contributed by atoms with E-state index in [-0.39, 0.29) is 18.4 Å². The number of morpholine rings is 1. The van der Waals surface area contributed by atoms with Crippen LogP contribution in [0.3, 0.4) is 0 Å². The molecule has 1 atom stereocenters. The number of hydrogen-bond donors (Lipinski definition) is 1. The van der Waals surface area contributed by atoms with Gasteiger partial charge in [0, 0.05) is 26.2 Å². The van der Waals surface area contributed by atoms with Crippen molar-refractivity contribution in [2.75, 3.05) is 26.2 Å². The van der Waals surface area contributed by atoms with Crippen LogP contribution in [0.4, 0.5) is 0 Å². The van der Waals surface area contributed by atoms with E-state index in [0.29, 0.717) is 28.8 Å². The lowest BCUT2D eigenvalue weighted by molar-refractivity contribution is -0.121. The standard InChI is InChI=1S/C21H21Cl2N3O2/c22-19-6-5-17(9-20(19)23)13-26-7-8-28-18(14-26)12-25-21(27)10-15-1-3-16(11-24)4-2-15/h1-6,9,18H,7-8,10,12-14H2,(H,25,27)/t18-/m0/s1. The van der Waals surface area contributed by atoms with Gasteiger partial charge in [0.05, 0.1) is 40.8 Å². The highest BCUT2D eigenvalue weighted by Gasteiger charge is 2.21. The van der Waals surface area contributed by atoms with Crippen molar-refractivity contribution < 1.29 is 9.53 Å². The summed E-state index contributed by atoms with van der Waals surface area (Å²) < 4.78 is 5.78. The Balaban J connectivity index is 1.45. The summed E-state index contributed by atoms with van der Waals surface area (Å²) in [6.07, 6.45) is 0.229. The zero-order valence-corrected chi connectivity index (χ0v) is 16.8. The molecule has 1 fully saturated rings. The van der Waals surface area contributed by atoms with E-state index in [0.717, 1.165) is 30.8 Å². The highest BCUT2D eigenvalue weighted by atomic mass is 35.5. The van der Waals surface area contributed by atoms with E-state index in [9.17, 15) is 4.79 Å². The largest absolute Gasteiger partial charge is 0.374 e. The minimum Gasteiger partial charge on any atom is -0.374 e. The Kier molecular flexibility index (Phi) is 7.30. The molecule has 146 valence electrons. The summed E-state index contributed by atoms with van der Waals surface area (Å²) in [6.45, 7) is 3.41. The maximum atomic E-state index is 12.2. The van der Waals surface area contributed by atoms with E-state index in [1.165, 1.54) is 0 Å². The fourth-order valence-electron chi connectivity index (χ4n) is 3.12. The first-order valence-electron chi connectivity index (χ1n) is 9.07. The zero-order valence-electron chi connectivity index (χ0n) is 15.3. The first-order chi connectivity index (χ1) is 13.5. The van der Waals surface area contributed by atoms with E-state index < -0.39 is 0 Å². The van der Waals surface area contributed by atoms with Crippen LogP contribution in [0.5, 0.6) is 0 Å². The first-order valence-corrected chi connectivity index (χ1v) is 9.82. The van der Waals surface area contributed by atoms with Crippen molar-refractivity contribution in [2.24, 2.45) is 0 Å². The fourth-order valence-corrected chi connectivity index (χ4v) is 3.44. The smallest absolute Gasteiger partial charge is 0.224 e. The number of rotatable bonds is 6. The minimum absolute atomic E-state index is 0.0542. The van der Waals surface area contributed by atoms with Gasteiger partial charge in [-0.05, 0) is 35.4 Å². The van der Waals surface area contributed by atoms with Gasteiger partial charge in [-0.15, -0.1) is 0 Å². The fraction of sp³-hybridized carbons (Fsp3) is 0.333. The molecule has 7 heteroatoms. The molecule has 2 aromatic carbocycles. The van der Waals surface area contributed by atoms with Crippen LogP contribution in [0.1, 0.15) is 16.7 Å². The quantitative estimate of drug-likeness (QED) is 0.781. The molecule has 3 rings (SSSR count). The molecule has 1 heterocycles. The van der Waals surface area contributed by atoms with E-state index in [2.05, 4.69) is 16.3 Å². The van der Waals surface area contributed by atoms with Gasteiger partial charge < -0.3 is 10.1 Å². The highest BCUT2D eigenvalue weighted by Crippen LogP contribution is 2.23. The Bertz CT molecular complexity index is 865. The van der Waals surface area contributed by atoms with Crippen molar-refractivity contribution in [3.05, 3.63) is 69.2 Å². The number of carbonyl (C=O) groups is 1. The van der Waals surface area contributed by atoms with Crippen LogP contribution in [0.25, 0.3) is 0 Å². The van der Waals surface area contributed by atoms with Gasteiger partial charge in [-0.1, -0.05) is 41.4 Å². The van der Waals surface area contributed by atoms with Gasteiger partial charge in [0.2, 0.25) is 5.91 Å². The van der Waals surface area contributed by atoms with Crippen LogP contribution in [0.2, 0.25) is 10.0 Å². The van der Waals surface area contributed by atoms with Crippen LogP contribution in [-0.4, -0.2) is 43.2 Å². The minimum atomic E-state index is -0.0603. The highest BCUT2D eigenvalue weighted by molar-refractivity contribution is 6.42. The van der Waals surface area contributed by atoms with Gasteiger partial charge in [0.1, 0.15) is 0 Å². The number of halogens is 2. The van der Waals surface area contributed by atoms with Crippen molar-refractivity contribution in [2.45, 2.75) is 19.1 Å². The summed E-state index contributed by atoms with van der Waals surface area (Å²) >= 11 is 12.1. The monoisotopic (exact) mass is 417 g/mol. The molecule has 1 amide bonds. The molecule has 0 unspecified atom stereocenters. The Labute approximate surface area is 174 Å². The molecule has 1 saturated heterocycles. The average Bonchev–Trinajstić information content (AvgIpc) is 2.70. The summed E-state index contributed by atoms with van der Waals surface area (Å²) in [4.78, 5) is 14.5. The van der Waals surface area contributed by atoms with Crippen LogP contribution in [-0.2, 0) is 22.5 Å². The normalized spacial score (nSPS) is 17.1. The van der Waals surface area contributed by atoms with Gasteiger partial charge in [-0.2, -0.15) is 5.26 Å². The van der Waals surface area contributed by atoms with E-state index in [1.54, 1.807) is 30.3 Å². The number of amides is 1. The number of carbonyl (C=O) groups excluding carboxylic acids is 1. The third kappa shape index (κ3) is 5.95. The summed E-state index contributed by atoms with van der Waals surface area (Å²) in [7, 11) is 0. The molecule has 0 spiro atoms. The molecular formula is C21H21Cl2N3O2. The topological polar surface area (TPSA) is 65.4 Å². The number of hydrogen-bond acceptors (Lipinski definition) is 4. The average molecular weight is 418 g/mol. The summed E-state index contributed by atoms with van der Waals surface area (Å²) in [6, 6.07) is 14.8. The number of nitriles is 1. The van der Waals surface area contributed by atoms with Gasteiger partial charge in [0.25, 0.3) is 0 Å². The molecule has 0 bridgehead atoms. The predicted octanol–water partition coefficient (Wildman–Crippen LogP) is 3.42. The molecule has 0 aliphatic carbocycles. The number of nitrogens with zero attached hydrogens (tertiary/aromatic N) is 2. The third-order valence-corrected chi connectivity index (χ3v) is 5.33. The summed E-state index contributed by atoms with van der Waals surface area (Å²) in [5.41, 5.74) is 2.56. The van der Waals surface area contributed by atoms with E-state index >= 15 is 0 Å². The lowest BCUT2D eigenvalue weighted by atomic mass is 10.1. The lowest BCUT2D eigenvalue weighted by Gasteiger charge is -2.33. The Hall–Kier alpha value is -2.10. The number of nitrogens with one attached hydrogen (secondary N) is 1. The zero-order chi connectivity index (χ0) is 19.9. The predicted molar refractivity (Wildman–Crippen MR) is 109 cm³/mol. The molecule has 28 heavy (non-hydrogen) atoms. The SMILES string of the molecule is N#Cc1ccc(CC(=O)NC[C@H]2CN(Cc3ccc(Cl)c(Cl)c3)CCO2)cc1. The van der Waals surface area contributed by atoms with Crippen molar-refractivity contribution in [1.29, 1.82) is 5.26 Å². The van der Waals surface area contributed by atoms with E-state index in [4.69, 9.17) is 33.2 Å². The Morgan fingerprint density at radius 3 is 2.64 bits per heavy atom. The van der Waals surface area contributed by atoms with Crippen molar-refractivity contribution >= 4 is 29.1 Å². The Morgan fingerprint density at radius 1 is 1.18 bits per heavy atom. The lowest BCUT2D eigenvalue weighted by Crippen LogP contribution is -2.47. The second-order valence-electron chi connectivity index (χ2n) is 6.77. The molecule has 1 N–H and O–H groups in total.